The summed E-state index contributed by atoms with van der Waals surface area (Å²) in [4.78, 5) is 18.2. The molecule has 2 aromatic rings. The van der Waals surface area contributed by atoms with Gasteiger partial charge in [0.2, 0.25) is 5.13 Å². The third kappa shape index (κ3) is 2.49. The fourth-order valence-corrected chi connectivity index (χ4v) is 3.36. The first-order valence-electron chi connectivity index (χ1n) is 6.79. The molecule has 1 saturated carbocycles. The smallest absolute Gasteiger partial charge is 0.323 e. The molecule has 2 heterocycles. The maximum Gasteiger partial charge on any atom is 0.323 e. The molecule has 1 aliphatic heterocycles. The Kier molecular flexibility index (Phi) is 2.90. The fraction of sp³-hybridized carbons (Fsp3) is 0.357. The number of benzene rings is 1. The molecule has 1 spiro atoms. The molecule has 0 atom stereocenters. The van der Waals surface area contributed by atoms with Gasteiger partial charge in [-0.2, -0.15) is 9.36 Å². The molecule has 108 valence electrons. The zero-order valence-corrected chi connectivity index (χ0v) is 12.7. The van der Waals surface area contributed by atoms with Crippen LogP contribution in [0, 0.1) is 5.41 Å². The Balaban J connectivity index is 1.43. The molecule has 1 saturated heterocycles. The predicted molar refractivity (Wildman–Crippen MR) is 82.6 cm³/mol. The molecule has 5 nitrogen and oxygen atoms in total. The lowest BCUT2D eigenvalue weighted by Gasteiger charge is -2.39. The van der Waals surface area contributed by atoms with E-state index in [9.17, 15) is 4.79 Å². The van der Waals surface area contributed by atoms with Gasteiger partial charge in [0.15, 0.2) is 5.82 Å². The lowest BCUT2D eigenvalue weighted by molar-refractivity contribution is 0.116. The number of likely N-dealkylation sites (tertiary alicyclic amines) is 1. The van der Waals surface area contributed by atoms with E-state index in [4.69, 9.17) is 11.6 Å². The maximum absolute atomic E-state index is 12.0. The summed E-state index contributed by atoms with van der Waals surface area (Å²) < 4.78 is 4.26. The molecule has 1 aromatic heterocycles. The lowest BCUT2D eigenvalue weighted by atomic mass is 9.98. The van der Waals surface area contributed by atoms with Gasteiger partial charge < -0.3 is 4.90 Å². The van der Waals surface area contributed by atoms with E-state index >= 15 is 0 Å². The second-order valence-corrected chi connectivity index (χ2v) is 6.91. The first-order valence-corrected chi connectivity index (χ1v) is 7.94. The zero-order chi connectivity index (χ0) is 14.4. The molecule has 2 fully saturated rings. The second kappa shape index (κ2) is 4.68. The standard InChI is InChI=1S/C14H13ClN4OS/c15-10-3-1-2-9(6-10)11-16-12(21-18-11)17-13(20)19-7-14(8-19)4-5-14/h1-3,6H,4-5,7-8H2,(H,16,17,18,20). The van der Waals surface area contributed by atoms with Crippen molar-refractivity contribution in [3.63, 3.8) is 0 Å². The van der Waals surface area contributed by atoms with Crippen molar-refractivity contribution in [3.8, 4) is 11.4 Å². The normalized spacial score (nSPS) is 18.4. The van der Waals surface area contributed by atoms with E-state index < -0.39 is 0 Å². The molecule has 4 rings (SSSR count). The molecular weight excluding hydrogens is 308 g/mol. The minimum absolute atomic E-state index is 0.0821. The third-order valence-corrected chi connectivity index (χ3v) is 4.89. The van der Waals surface area contributed by atoms with Crippen LogP contribution in [0.4, 0.5) is 9.93 Å². The number of urea groups is 1. The van der Waals surface area contributed by atoms with E-state index in [2.05, 4.69) is 14.7 Å². The Hall–Kier alpha value is -1.66. The van der Waals surface area contributed by atoms with E-state index in [0.29, 0.717) is 21.4 Å². The van der Waals surface area contributed by atoms with Crippen molar-refractivity contribution in [3.05, 3.63) is 29.3 Å². The first-order chi connectivity index (χ1) is 10.1. The first kappa shape index (κ1) is 13.0. The number of rotatable bonds is 2. The van der Waals surface area contributed by atoms with Crippen molar-refractivity contribution in [2.45, 2.75) is 12.8 Å². The highest BCUT2D eigenvalue weighted by molar-refractivity contribution is 7.10. The fourth-order valence-electron chi connectivity index (χ4n) is 2.59. The highest BCUT2D eigenvalue weighted by Gasteiger charge is 2.53. The van der Waals surface area contributed by atoms with E-state index in [0.717, 1.165) is 18.7 Å². The highest BCUT2D eigenvalue weighted by Crippen LogP contribution is 2.52. The molecule has 7 heteroatoms. The number of anilines is 1. The van der Waals surface area contributed by atoms with E-state index in [1.807, 2.05) is 23.1 Å². The molecule has 1 aromatic carbocycles. The Morgan fingerprint density at radius 2 is 2.19 bits per heavy atom. The largest absolute Gasteiger partial charge is 0.323 e. The van der Waals surface area contributed by atoms with Gasteiger partial charge in [0, 0.05) is 40.6 Å². The molecule has 2 aliphatic rings. The molecule has 2 amide bonds. The number of aromatic nitrogens is 2. The summed E-state index contributed by atoms with van der Waals surface area (Å²) >= 11 is 7.14. The molecule has 1 N–H and O–H groups in total. The van der Waals surface area contributed by atoms with Gasteiger partial charge in [0.25, 0.3) is 0 Å². The van der Waals surface area contributed by atoms with E-state index in [1.54, 1.807) is 6.07 Å². The van der Waals surface area contributed by atoms with Crippen molar-refractivity contribution in [1.29, 1.82) is 0 Å². The third-order valence-electron chi connectivity index (χ3n) is 4.02. The molecule has 0 bridgehead atoms. The summed E-state index contributed by atoms with van der Waals surface area (Å²) in [5, 5.41) is 3.98. The van der Waals surface area contributed by atoms with Crippen molar-refractivity contribution in [2.24, 2.45) is 5.41 Å². The summed E-state index contributed by atoms with van der Waals surface area (Å²) in [5.74, 6) is 0.583. The average Bonchev–Trinajstić information content (AvgIpc) is 3.10. The number of nitrogens with one attached hydrogen (secondary N) is 1. The number of carbonyl (C=O) groups is 1. The number of hydrogen-bond donors (Lipinski definition) is 1. The number of halogens is 1. The van der Waals surface area contributed by atoms with Gasteiger partial charge in [-0.15, -0.1) is 0 Å². The van der Waals surface area contributed by atoms with Crippen LogP contribution in [0.1, 0.15) is 12.8 Å². The van der Waals surface area contributed by atoms with Gasteiger partial charge in [0.1, 0.15) is 0 Å². The summed E-state index contributed by atoms with van der Waals surface area (Å²) in [7, 11) is 0. The number of nitrogens with zero attached hydrogens (tertiary/aromatic N) is 3. The van der Waals surface area contributed by atoms with Crippen LogP contribution in [0.2, 0.25) is 5.02 Å². The SMILES string of the molecule is O=C(Nc1nc(-c2cccc(Cl)c2)ns1)N1CC2(CC2)C1. The summed E-state index contributed by atoms with van der Waals surface area (Å²) in [6.45, 7) is 1.75. The van der Waals surface area contributed by atoms with E-state index in [1.165, 1.54) is 24.4 Å². The average molecular weight is 321 g/mol. The van der Waals surface area contributed by atoms with Crippen LogP contribution in [-0.4, -0.2) is 33.4 Å². The van der Waals surface area contributed by atoms with Gasteiger partial charge in [-0.25, -0.2) is 4.79 Å². The Morgan fingerprint density at radius 1 is 1.38 bits per heavy atom. The van der Waals surface area contributed by atoms with Crippen LogP contribution in [0.15, 0.2) is 24.3 Å². The minimum atomic E-state index is -0.0821. The summed E-state index contributed by atoms with van der Waals surface area (Å²) in [6, 6.07) is 7.28. The van der Waals surface area contributed by atoms with Gasteiger partial charge in [0.05, 0.1) is 0 Å². The minimum Gasteiger partial charge on any atom is -0.323 e. The lowest BCUT2D eigenvalue weighted by Crippen LogP contribution is -2.53. The Bertz CT molecular complexity index is 705. The highest BCUT2D eigenvalue weighted by atomic mass is 35.5. The van der Waals surface area contributed by atoms with Gasteiger partial charge >= 0.3 is 6.03 Å². The summed E-state index contributed by atoms with van der Waals surface area (Å²) in [6.07, 6.45) is 2.52. The summed E-state index contributed by atoms with van der Waals surface area (Å²) in [5.41, 5.74) is 1.31. The van der Waals surface area contributed by atoms with Crippen LogP contribution in [-0.2, 0) is 0 Å². The Morgan fingerprint density at radius 3 is 2.90 bits per heavy atom. The zero-order valence-electron chi connectivity index (χ0n) is 11.2. The maximum atomic E-state index is 12.0. The molecular formula is C14H13ClN4OS. The second-order valence-electron chi connectivity index (χ2n) is 5.72. The van der Waals surface area contributed by atoms with Crippen LogP contribution in [0.25, 0.3) is 11.4 Å². The topological polar surface area (TPSA) is 58.1 Å². The van der Waals surface area contributed by atoms with Crippen molar-refractivity contribution >= 4 is 34.3 Å². The van der Waals surface area contributed by atoms with Crippen LogP contribution < -0.4 is 5.32 Å². The van der Waals surface area contributed by atoms with Crippen LogP contribution in [0.5, 0.6) is 0 Å². The van der Waals surface area contributed by atoms with Crippen molar-refractivity contribution < 1.29 is 4.79 Å². The van der Waals surface area contributed by atoms with Crippen molar-refractivity contribution in [2.75, 3.05) is 18.4 Å². The molecule has 0 radical (unpaired) electrons. The quantitative estimate of drug-likeness (QED) is 0.921. The van der Waals surface area contributed by atoms with E-state index in [-0.39, 0.29) is 6.03 Å². The number of hydrogen-bond acceptors (Lipinski definition) is 4. The van der Waals surface area contributed by atoms with Crippen LogP contribution >= 0.6 is 23.1 Å². The number of carbonyl (C=O) groups excluding carboxylic acids is 1. The van der Waals surface area contributed by atoms with Gasteiger partial charge in [-0.3, -0.25) is 5.32 Å². The molecule has 21 heavy (non-hydrogen) atoms. The molecule has 0 unspecified atom stereocenters. The van der Waals surface area contributed by atoms with Crippen molar-refractivity contribution in [1.82, 2.24) is 14.3 Å². The van der Waals surface area contributed by atoms with Gasteiger partial charge in [-0.05, 0) is 25.0 Å². The molecule has 1 aliphatic carbocycles. The van der Waals surface area contributed by atoms with Gasteiger partial charge in [-0.1, -0.05) is 23.7 Å². The Labute approximate surface area is 131 Å². The number of amides is 2. The monoisotopic (exact) mass is 320 g/mol. The predicted octanol–water partition coefficient (Wildman–Crippen LogP) is 3.49. The van der Waals surface area contributed by atoms with Crippen LogP contribution in [0.3, 0.4) is 0 Å².